The van der Waals surface area contributed by atoms with Crippen LogP contribution in [0.25, 0.3) is 0 Å². The van der Waals surface area contributed by atoms with Gasteiger partial charge in [0.15, 0.2) is 0 Å². The largest absolute Gasteiger partial charge is 0.450 e. The molecule has 2 rings (SSSR count). The van der Waals surface area contributed by atoms with Gasteiger partial charge in [0.05, 0.1) is 12.5 Å². The number of benzene rings is 1. The van der Waals surface area contributed by atoms with E-state index in [1.54, 1.807) is 11.8 Å². The Hall–Kier alpha value is -1.75. The van der Waals surface area contributed by atoms with Crippen LogP contribution in [0.2, 0.25) is 5.02 Å². The first-order valence-corrected chi connectivity index (χ1v) is 9.16. The molecule has 0 bridgehead atoms. The average Bonchev–Trinajstić information content (AvgIpc) is 2.60. The number of piperidine rings is 1. The maximum Gasteiger partial charge on any atom is 0.409 e. The van der Waals surface area contributed by atoms with Crippen LogP contribution in [0.3, 0.4) is 0 Å². The number of likely N-dealkylation sites (tertiary alicyclic amines) is 1. The van der Waals surface area contributed by atoms with E-state index in [4.69, 9.17) is 16.3 Å². The number of hydrogen-bond donors (Lipinski definition) is 1. The summed E-state index contributed by atoms with van der Waals surface area (Å²) in [6, 6.07) is 7.69. The van der Waals surface area contributed by atoms with Crippen LogP contribution in [0.5, 0.6) is 0 Å². The van der Waals surface area contributed by atoms with Crippen molar-refractivity contribution in [1.29, 1.82) is 0 Å². The van der Waals surface area contributed by atoms with E-state index < -0.39 is 0 Å². The minimum atomic E-state index is -0.332. The zero-order valence-corrected chi connectivity index (χ0v) is 15.9. The normalized spacial score (nSPS) is 17.9. The highest BCUT2D eigenvalue weighted by Crippen LogP contribution is 2.24. The van der Waals surface area contributed by atoms with Gasteiger partial charge in [0.1, 0.15) is 0 Å². The van der Waals surface area contributed by atoms with Crippen molar-refractivity contribution in [3.8, 4) is 0 Å². The summed E-state index contributed by atoms with van der Waals surface area (Å²) in [7, 11) is 0. The molecule has 1 unspecified atom stereocenters. The molecule has 1 N–H and O–H groups in total. The van der Waals surface area contributed by atoms with Gasteiger partial charge in [-0.25, -0.2) is 4.79 Å². The number of halogens is 1. The number of hydrogen-bond acceptors (Lipinski definition) is 3. The molecule has 0 spiro atoms. The van der Waals surface area contributed by atoms with Gasteiger partial charge in [0.25, 0.3) is 0 Å². The predicted octanol–water partition coefficient (Wildman–Crippen LogP) is 3.60. The molecule has 25 heavy (non-hydrogen) atoms. The van der Waals surface area contributed by atoms with E-state index in [1.165, 1.54) is 0 Å². The molecular formula is C19H27ClN2O3. The second-order valence-corrected chi connectivity index (χ2v) is 7.53. The van der Waals surface area contributed by atoms with Gasteiger partial charge in [0, 0.05) is 30.1 Å². The maximum atomic E-state index is 12.5. The van der Waals surface area contributed by atoms with E-state index in [0.717, 1.165) is 18.4 Å². The molecule has 6 heteroatoms. The number of amides is 2. The molecule has 0 radical (unpaired) electrons. The summed E-state index contributed by atoms with van der Waals surface area (Å²) in [5.74, 6) is -0.185. The molecule has 2 amide bonds. The highest BCUT2D eigenvalue weighted by molar-refractivity contribution is 6.30. The van der Waals surface area contributed by atoms with E-state index in [9.17, 15) is 9.59 Å². The summed E-state index contributed by atoms with van der Waals surface area (Å²) in [6.07, 6.45) is 1.28. The van der Waals surface area contributed by atoms with Gasteiger partial charge in [-0.15, -0.1) is 0 Å². The van der Waals surface area contributed by atoms with Crippen LogP contribution in [0.4, 0.5) is 4.79 Å². The molecule has 1 heterocycles. The highest BCUT2D eigenvalue weighted by atomic mass is 35.5. The van der Waals surface area contributed by atoms with E-state index in [2.05, 4.69) is 19.2 Å². The van der Waals surface area contributed by atoms with Crippen LogP contribution < -0.4 is 5.32 Å². The summed E-state index contributed by atoms with van der Waals surface area (Å²) in [5, 5.41) is 3.75. The van der Waals surface area contributed by atoms with Crippen molar-refractivity contribution in [2.24, 2.45) is 5.92 Å². The lowest BCUT2D eigenvalue weighted by molar-refractivity contribution is -0.126. The first kappa shape index (κ1) is 19.6. The van der Waals surface area contributed by atoms with Gasteiger partial charge in [0.2, 0.25) is 5.91 Å². The topological polar surface area (TPSA) is 58.6 Å². The second kappa shape index (κ2) is 8.56. The lowest BCUT2D eigenvalue weighted by Crippen LogP contribution is -2.47. The summed E-state index contributed by atoms with van der Waals surface area (Å²) >= 11 is 5.94. The van der Waals surface area contributed by atoms with E-state index >= 15 is 0 Å². The summed E-state index contributed by atoms with van der Waals surface area (Å²) in [5.41, 5.74) is 0.921. The molecule has 0 aromatic heterocycles. The van der Waals surface area contributed by atoms with Gasteiger partial charge in [-0.2, -0.15) is 0 Å². The first-order chi connectivity index (χ1) is 11.8. The minimum absolute atomic E-state index is 0.00367. The summed E-state index contributed by atoms with van der Waals surface area (Å²) < 4.78 is 5.04. The molecule has 1 aliphatic heterocycles. The van der Waals surface area contributed by atoms with Crippen LogP contribution >= 0.6 is 11.6 Å². The van der Waals surface area contributed by atoms with E-state index in [1.807, 2.05) is 24.3 Å². The number of carbonyl (C=O) groups is 2. The molecule has 1 aliphatic rings. The molecule has 0 saturated carbocycles. The Morgan fingerprint density at radius 2 is 2.00 bits per heavy atom. The Bertz CT molecular complexity index is 601. The molecule has 1 aromatic carbocycles. The Labute approximate surface area is 154 Å². The summed E-state index contributed by atoms with van der Waals surface area (Å²) in [6.45, 7) is 7.91. The van der Waals surface area contributed by atoms with Crippen molar-refractivity contribution >= 4 is 23.6 Å². The molecule has 1 fully saturated rings. The Morgan fingerprint density at radius 3 is 2.64 bits per heavy atom. The zero-order valence-electron chi connectivity index (χ0n) is 15.2. The number of ether oxygens (including phenoxy) is 1. The molecule has 5 nitrogen and oxygen atoms in total. The SMILES string of the molecule is CCOC(=O)N1CCCC(C(=O)NCC(C)(C)c2ccc(Cl)cc2)C1. The Kier molecular flexibility index (Phi) is 6.71. The summed E-state index contributed by atoms with van der Waals surface area (Å²) in [4.78, 5) is 26.0. The van der Waals surface area contributed by atoms with Crippen molar-refractivity contribution < 1.29 is 14.3 Å². The lowest BCUT2D eigenvalue weighted by atomic mass is 9.84. The number of rotatable bonds is 5. The van der Waals surface area contributed by atoms with Crippen molar-refractivity contribution in [3.05, 3.63) is 34.9 Å². The standard InChI is InChI=1S/C19H27ClN2O3/c1-4-25-18(24)22-11-5-6-14(12-22)17(23)21-13-19(2,3)15-7-9-16(20)10-8-15/h7-10,14H,4-6,11-13H2,1-3H3,(H,21,23). The molecular weight excluding hydrogens is 340 g/mol. The van der Waals surface area contributed by atoms with Crippen molar-refractivity contribution in [3.63, 3.8) is 0 Å². The molecule has 1 atom stereocenters. The van der Waals surface area contributed by atoms with Gasteiger partial charge in [-0.05, 0) is 37.5 Å². The minimum Gasteiger partial charge on any atom is -0.450 e. The average molecular weight is 367 g/mol. The van der Waals surface area contributed by atoms with Crippen LogP contribution in [-0.4, -0.2) is 43.1 Å². The fraction of sp³-hybridized carbons (Fsp3) is 0.579. The Morgan fingerprint density at radius 1 is 1.32 bits per heavy atom. The van der Waals surface area contributed by atoms with Gasteiger partial charge in [-0.1, -0.05) is 37.6 Å². The van der Waals surface area contributed by atoms with Gasteiger partial charge >= 0.3 is 6.09 Å². The second-order valence-electron chi connectivity index (χ2n) is 7.09. The van der Waals surface area contributed by atoms with Gasteiger partial charge in [-0.3, -0.25) is 4.79 Å². The van der Waals surface area contributed by atoms with Crippen LogP contribution in [-0.2, 0) is 14.9 Å². The first-order valence-electron chi connectivity index (χ1n) is 8.79. The number of nitrogens with zero attached hydrogens (tertiary/aromatic N) is 1. The molecule has 138 valence electrons. The molecule has 1 aromatic rings. The monoisotopic (exact) mass is 366 g/mol. The molecule has 1 saturated heterocycles. The number of carbonyl (C=O) groups excluding carboxylic acids is 2. The smallest absolute Gasteiger partial charge is 0.409 e. The Balaban J connectivity index is 1.90. The third-order valence-corrected chi connectivity index (χ3v) is 4.90. The zero-order chi connectivity index (χ0) is 18.4. The van der Waals surface area contributed by atoms with Crippen molar-refractivity contribution in [2.45, 2.75) is 39.0 Å². The van der Waals surface area contributed by atoms with Crippen LogP contribution in [0.15, 0.2) is 24.3 Å². The fourth-order valence-corrected chi connectivity index (χ4v) is 3.15. The lowest BCUT2D eigenvalue weighted by Gasteiger charge is -2.32. The number of nitrogens with one attached hydrogen (secondary N) is 1. The van der Waals surface area contributed by atoms with Crippen LogP contribution in [0.1, 0.15) is 39.2 Å². The van der Waals surface area contributed by atoms with Crippen molar-refractivity contribution in [2.75, 3.05) is 26.2 Å². The van der Waals surface area contributed by atoms with Crippen molar-refractivity contribution in [1.82, 2.24) is 10.2 Å². The molecule has 0 aliphatic carbocycles. The maximum absolute atomic E-state index is 12.5. The quantitative estimate of drug-likeness (QED) is 0.866. The van der Waals surface area contributed by atoms with Gasteiger partial charge < -0.3 is 15.0 Å². The van der Waals surface area contributed by atoms with E-state index in [0.29, 0.717) is 31.3 Å². The fourth-order valence-electron chi connectivity index (χ4n) is 3.03. The third kappa shape index (κ3) is 5.36. The highest BCUT2D eigenvalue weighted by Gasteiger charge is 2.30. The third-order valence-electron chi connectivity index (χ3n) is 4.65. The van der Waals surface area contributed by atoms with Crippen LogP contribution in [0, 0.1) is 5.92 Å². The predicted molar refractivity (Wildman–Crippen MR) is 98.8 cm³/mol. The van der Waals surface area contributed by atoms with E-state index in [-0.39, 0.29) is 23.3 Å².